The minimum atomic E-state index is -0.151. The fraction of sp³-hybridized carbons (Fsp3) is 0.667. The van der Waals surface area contributed by atoms with E-state index in [0.717, 1.165) is 18.6 Å². The minimum absolute atomic E-state index is 0.151. The molecule has 2 atom stereocenters. The average molecular weight is 211 g/mol. The van der Waals surface area contributed by atoms with Gasteiger partial charge in [0.05, 0.1) is 11.9 Å². The molecule has 2 unspecified atom stereocenters. The van der Waals surface area contributed by atoms with Gasteiger partial charge in [0.25, 0.3) is 0 Å². The zero-order valence-electron chi connectivity index (χ0n) is 10.0. The van der Waals surface area contributed by atoms with Gasteiger partial charge in [-0.3, -0.25) is 0 Å². The minimum Gasteiger partial charge on any atom is -0.469 e. The van der Waals surface area contributed by atoms with Crippen LogP contribution in [0, 0.1) is 0 Å². The zero-order valence-corrected chi connectivity index (χ0v) is 10.0. The topological polar surface area (TPSA) is 34.4 Å². The fourth-order valence-electron chi connectivity index (χ4n) is 1.79. The molecule has 0 radical (unpaired) electrons. The second kappa shape index (κ2) is 5.33. The molecule has 3 nitrogen and oxygen atoms in total. The van der Waals surface area contributed by atoms with Gasteiger partial charge in [0.2, 0.25) is 0 Å². The number of likely N-dealkylation sites (N-methyl/N-ethyl adjacent to an activating group) is 1. The number of rotatable bonds is 6. The molecule has 0 fully saturated rings. The molecule has 0 spiro atoms. The molecule has 1 aromatic heterocycles. The molecule has 0 aliphatic rings. The van der Waals surface area contributed by atoms with E-state index in [4.69, 9.17) is 9.15 Å². The van der Waals surface area contributed by atoms with Crippen LogP contribution in [0.1, 0.15) is 26.0 Å². The van der Waals surface area contributed by atoms with Crippen LogP contribution in [-0.4, -0.2) is 25.8 Å². The van der Waals surface area contributed by atoms with Gasteiger partial charge in [0.1, 0.15) is 5.76 Å². The van der Waals surface area contributed by atoms with E-state index < -0.39 is 0 Å². The van der Waals surface area contributed by atoms with Crippen molar-refractivity contribution in [2.75, 3.05) is 14.2 Å². The lowest BCUT2D eigenvalue weighted by Gasteiger charge is -2.35. The summed E-state index contributed by atoms with van der Waals surface area (Å²) >= 11 is 0. The Hall–Kier alpha value is -0.800. The van der Waals surface area contributed by atoms with Crippen LogP contribution < -0.4 is 5.32 Å². The summed E-state index contributed by atoms with van der Waals surface area (Å²) in [6.45, 7) is 4.26. The van der Waals surface area contributed by atoms with Crippen molar-refractivity contribution < 1.29 is 9.15 Å². The molecule has 1 N–H and O–H groups in total. The van der Waals surface area contributed by atoms with Crippen LogP contribution in [0.3, 0.4) is 0 Å². The molecule has 1 aromatic rings. The van der Waals surface area contributed by atoms with Gasteiger partial charge in [0.15, 0.2) is 0 Å². The van der Waals surface area contributed by atoms with Crippen molar-refractivity contribution in [3.05, 3.63) is 24.2 Å². The fourth-order valence-corrected chi connectivity index (χ4v) is 1.79. The molecule has 0 aliphatic carbocycles. The van der Waals surface area contributed by atoms with Gasteiger partial charge < -0.3 is 14.5 Å². The number of hydrogen-bond donors (Lipinski definition) is 1. The van der Waals surface area contributed by atoms with Crippen LogP contribution >= 0.6 is 0 Å². The average Bonchev–Trinajstić information content (AvgIpc) is 2.77. The molecule has 0 bridgehead atoms. The Morgan fingerprint density at radius 3 is 2.73 bits per heavy atom. The van der Waals surface area contributed by atoms with Gasteiger partial charge in [-0.05, 0) is 32.5 Å². The first-order valence-electron chi connectivity index (χ1n) is 5.41. The van der Waals surface area contributed by atoms with E-state index >= 15 is 0 Å². The van der Waals surface area contributed by atoms with Crippen molar-refractivity contribution in [1.82, 2.24) is 5.32 Å². The summed E-state index contributed by atoms with van der Waals surface area (Å²) in [7, 11) is 3.72. The third kappa shape index (κ3) is 2.83. The number of methoxy groups -OCH3 is 1. The van der Waals surface area contributed by atoms with Gasteiger partial charge in [0, 0.05) is 19.6 Å². The molecule has 0 saturated carbocycles. The second-order valence-corrected chi connectivity index (χ2v) is 4.00. The Morgan fingerprint density at radius 2 is 2.33 bits per heavy atom. The van der Waals surface area contributed by atoms with E-state index in [1.165, 1.54) is 0 Å². The molecule has 0 amide bonds. The van der Waals surface area contributed by atoms with E-state index in [1.54, 1.807) is 13.4 Å². The van der Waals surface area contributed by atoms with Crippen LogP contribution in [0.25, 0.3) is 0 Å². The summed E-state index contributed by atoms with van der Waals surface area (Å²) < 4.78 is 10.9. The highest BCUT2D eigenvalue weighted by molar-refractivity contribution is 5.03. The molecular weight excluding hydrogens is 190 g/mol. The lowest BCUT2D eigenvalue weighted by atomic mass is 9.90. The molecule has 3 heteroatoms. The van der Waals surface area contributed by atoms with Gasteiger partial charge in [-0.1, -0.05) is 6.92 Å². The Morgan fingerprint density at radius 1 is 1.60 bits per heavy atom. The van der Waals surface area contributed by atoms with Gasteiger partial charge in [-0.15, -0.1) is 0 Å². The quantitative estimate of drug-likeness (QED) is 0.783. The highest BCUT2D eigenvalue weighted by atomic mass is 16.5. The molecule has 1 heterocycles. The molecular formula is C12H21NO2. The summed E-state index contributed by atoms with van der Waals surface area (Å²) in [4.78, 5) is 0. The highest BCUT2D eigenvalue weighted by Gasteiger charge is 2.31. The van der Waals surface area contributed by atoms with Gasteiger partial charge >= 0.3 is 0 Å². The SMILES string of the molecule is CCC(C)(OC)C(Cc1ccco1)NC. The van der Waals surface area contributed by atoms with Gasteiger partial charge in [-0.2, -0.15) is 0 Å². The molecule has 0 aliphatic heterocycles. The maximum Gasteiger partial charge on any atom is 0.105 e. The van der Waals surface area contributed by atoms with Crippen LogP contribution in [0.2, 0.25) is 0 Å². The van der Waals surface area contributed by atoms with Crippen molar-refractivity contribution in [3.8, 4) is 0 Å². The van der Waals surface area contributed by atoms with Crippen LogP contribution in [0.4, 0.5) is 0 Å². The molecule has 0 aromatic carbocycles. The van der Waals surface area contributed by atoms with Crippen LogP contribution in [-0.2, 0) is 11.2 Å². The molecule has 15 heavy (non-hydrogen) atoms. The van der Waals surface area contributed by atoms with Crippen molar-refractivity contribution >= 4 is 0 Å². The standard InChI is InChI=1S/C12H21NO2/c1-5-12(2,14-4)11(13-3)9-10-7-6-8-15-10/h6-8,11,13H,5,9H2,1-4H3. The van der Waals surface area contributed by atoms with Crippen molar-refractivity contribution in [1.29, 1.82) is 0 Å². The highest BCUT2D eigenvalue weighted by Crippen LogP contribution is 2.22. The second-order valence-electron chi connectivity index (χ2n) is 4.00. The summed E-state index contributed by atoms with van der Waals surface area (Å²) in [5.41, 5.74) is -0.151. The maximum atomic E-state index is 5.58. The zero-order chi connectivity index (χ0) is 11.3. The summed E-state index contributed by atoms with van der Waals surface area (Å²) in [6, 6.07) is 4.17. The Bertz CT molecular complexity index is 265. The van der Waals surface area contributed by atoms with E-state index in [-0.39, 0.29) is 11.6 Å². The first-order chi connectivity index (χ1) is 7.16. The normalized spacial score (nSPS) is 17.3. The lowest BCUT2D eigenvalue weighted by molar-refractivity contribution is -0.0279. The third-order valence-corrected chi connectivity index (χ3v) is 3.24. The van der Waals surface area contributed by atoms with E-state index in [9.17, 15) is 0 Å². The maximum absolute atomic E-state index is 5.58. The molecule has 1 rings (SSSR count). The number of furan rings is 1. The predicted molar refractivity (Wildman–Crippen MR) is 61.0 cm³/mol. The number of nitrogens with one attached hydrogen (secondary N) is 1. The van der Waals surface area contributed by atoms with Crippen molar-refractivity contribution in [2.24, 2.45) is 0 Å². The summed E-state index contributed by atoms with van der Waals surface area (Å²) in [5.74, 6) is 0.992. The van der Waals surface area contributed by atoms with Crippen molar-refractivity contribution in [3.63, 3.8) is 0 Å². The lowest BCUT2D eigenvalue weighted by Crippen LogP contribution is -2.49. The predicted octanol–water partition coefficient (Wildman–Crippen LogP) is 2.23. The van der Waals surface area contributed by atoms with E-state index in [0.29, 0.717) is 0 Å². The first-order valence-corrected chi connectivity index (χ1v) is 5.41. The molecule has 0 saturated heterocycles. The largest absolute Gasteiger partial charge is 0.469 e. The van der Waals surface area contributed by atoms with Gasteiger partial charge in [-0.25, -0.2) is 0 Å². The number of ether oxygens (including phenoxy) is 1. The number of hydrogen-bond acceptors (Lipinski definition) is 3. The third-order valence-electron chi connectivity index (χ3n) is 3.24. The smallest absolute Gasteiger partial charge is 0.105 e. The first kappa shape index (κ1) is 12.3. The Kier molecular flexibility index (Phi) is 4.36. The van der Waals surface area contributed by atoms with E-state index in [1.807, 2.05) is 19.2 Å². The Labute approximate surface area is 91.8 Å². The summed E-state index contributed by atoms with van der Waals surface area (Å²) in [5, 5.41) is 3.30. The summed E-state index contributed by atoms with van der Waals surface area (Å²) in [6.07, 6.45) is 3.52. The monoisotopic (exact) mass is 211 g/mol. The van der Waals surface area contributed by atoms with E-state index in [2.05, 4.69) is 19.2 Å². The van der Waals surface area contributed by atoms with Crippen molar-refractivity contribution in [2.45, 2.75) is 38.3 Å². The Balaban J connectivity index is 2.70. The molecule has 86 valence electrons. The van der Waals surface area contributed by atoms with Crippen LogP contribution in [0.5, 0.6) is 0 Å². The van der Waals surface area contributed by atoms with Crippen LogP contribution in [0.15, 0.2) is 22.8 Å².